The molecule has 340 valence electrons. The highest BCUT2D eigenvalue weighted by molar-refractivity contribution is 6.26. The molecule has 12 aromatic carbocycles. The minimum absolute atomic E-state index is 0.00162. The van der Waals surface area contributed by atoms with E-state index in [9.17, 15) is 2.74 Å². The summed E-state index contributed by atoms with van der Waals surface area (Å²) in [4.78, 5) is 4.05. The topological polar surface area (TPSA) is 28.9 Å². The van der Waals surface area contributed by atoms with E-state index in [0.717, 1.165) is 105 Å². The van der Waals surface area contributed by atoms with E-state index in [2.05, 4.69) is 170 Å². The molecule has 1 aliphatic rings. The van der Waals surface area contributed by atoms with Gasteiger partial charge < -0.3 is 19.0 Å². The van der Waals surface area contributed by atoms with Crippen molar-refractivity contribution in [2.75, 3.05) is 9.80 Å². The van der Waals surface area contributed by atoms with Crippen LogP contribution in [0.25, 0.3) is 87.6 Å². The molecule has 4 heteroatoms. The molecule has 4 nitrogen and oxygen atoms in total. The van der Waals surface area contributed by atoms with Crippen LogP contribution in [0, 0.1) is 13.8 Å². The van der Waals surface area contributed by atoms with E-state index in [1.54, 1.807) is 4.90 Å². The maximum atomic E-state index is 9.24. The molecule has 0 aliphatic carbocycles. The molecule has 1 aromatic heterocycles. The molecule has 1 aliphatic heterocycles. The van der Waals surface area contributed by atoms with Gasteiger partial charge in [0, 0.05) is 50.4 Å². The molecule has 13 aromatic rings. The van der Waals surface area contributed by atoms with Crippen LogP contribution in [0.4, 0.5) is 34.1 Å². The highest BCUT2D eigenvalue weighted by atomic mass is 16.5. The van der Waals surface area contributed by atoms with Gasteiger partial charge in [-0.15, -0.1) is 0 Å². The Morgan fingerprint density at radius 1 is 0.361 bits per heavy atom. The first-order chi connectivity index (χ1) is 37.6. The summed E-state index contributed by atoms with van der Waals surface area (Å²) < 4.78 is 58.0. The third-order valence-electron chi connectivity index (χ3n) is 14.2. The van der Waals surface area contributed by atoms with Crippen LogP contribution in [0.5, 0.6) is 11.5 Å². The highest BCUT2D eigenvalue weighted by Crippen LogP contribution is 2.53. The van der Waals surface area contributed by atoms with Crippen LogP contribution in [-0.2, 0) is 0 Å². The molecular formula is C68H46N2O2. The lowest BCUT2D eigenvalue weighted by Gasteiger charge is -2.28. The van der Waals surface area contributed by atoms with E-state index in [4.69, 9.17) is 13.3 Å². The first-order valence-electron chi connectivity index (χ1n) is 26.7. The standard InChI is InChI=1S/C68H46N2O2/c1-43-29-35-52-56(46-30-32-49(33-31-46)69(47-19-8-4-9-20-47)62-26-14-12-23-51(62)45-17-6-3-7-18-45)41-59-58(57(52)37-43)42-61-54-36-34-50(40-65(54)71-66-39-44(2)38-60(59)67(61)66)70(48-21-10-5-11-22-48)63-27-16-25-55-53-24-13-15-28-64(53)72-68(55)63/h3-42H,1-2H3/i5D,10D,11D,21D,22D. The van der Waals surface area contributed by atoms with Crippen LogP contribution in [-0.4, -0.2) is 0 Å². The Bertz CT molecular complexity index is 4550. The summed E-state index contributed by atoms with van der Waals surface area (Å²) in [5.41, 5.74) is 14.1. The van der Waals surface area contributed by atoms with E-state index in [1.807, 2.05) is 60.7 Å². The number of nitrogens with zero attached hydrogens (tertiary/aromatic N) is 2. The Hall–Kier alpha value is -9.38. The van der Waals surface area contributed by atoms with Gasteiger partial charge in [0.2, 0.25) is 0 Å². The lowest BCUT2D eigenvalue weighted by molar-refractivity contribution is 0.487. The van der Waals surface area contributed by atoms with Gasteiger partial charge in [-0.1, -0.05) is 157 Å². The van der Waals surface area contributed by atoms with Gasteiger partial charge in [-0.3, -0.25) is 0 Å². The Morgan fingerprint density at radius 2 is 1.00 bits per heavy atom. The van der Waals surface area contributed by atoms with Gasteiger partial charge in [-0.05, 0) is 153 Å². The number of furan rings is 1. The monoisotopic (exact) mass is 927 g/mol. The first-order valence-corrected chi connectivity index (χ1v) is 24.2. The summed E-state index contributed by atoms with van der Waals surface area (Å²) in [5, 5.41) is 8.34. The summed E-state index contributed by atoms with van der Waals surface area (Å²) in [5.74, 6) is 1.28. The maximum Gasteiger partial charge on any atom is 0.159 e. The number of fused-ring (bicyclic) bond motifs is 9. The van der Waals surface area contributed by atoms with Crippen LogP contribution in [0.1, 0.15) is 18.0 Å². The fourth-order valence-corrected chi connectivity index (χ4v) is 11.0. The number of benzene rings is 12. The number of rotatable bonds is 8. The normalized spacial score (nSPS) is 12.8. The number of aryl methyl sites for hydroxylation is 2. The van der Waals surface area contributed by atoms with Crippen molar-refractivity contribution in [1.82, 2.24) is 0 Å². The van der Waals surface area contributed by atoms with Gasteiger partial charge in [-0.2, -0.15) is 0 Å². The molecule has 0 bridgehead atoms. The Labute approximate surface area is 424 Å². The van der Waals surface area contributed by atoms with E-state index in [0.29, 0.717) is 34.0 Å². The lowest BCUT2D eigenvalue weighted by atomic mass is 9.85. The Kier molecular flexibility index (Phi) is 8.46. The first kappa shape index (κ1) is 36.6. The Balaban J connectivity index is 0.935. The summed E-state index contributed by atoms with van der Waals surface area (Å²) in [6, 6.07) is 71.7. The number of ether oxygens (including phenoxy) is 1. The fourth-order valence-electron chi connectivity index (χ4n) is 11.0. The molecule has 0 atom stereocenters. The third-order valence-corrected chi connectivity index (χ3v) is 14.2. The van der Waals surface area contributed by atoms with Crippen molar-refractivity contribution in [2.45, 2.75) is 13.8 Å². The number of para-hydroxylation sites is 5. The largest absolute Gasteiger partial charge is 0.456 e. The summed E-state index contributed by atoms with van der Waals surface area (Å²) >= 11 is 0. The SMILES string of the molecule is [2H]c1c([2H])c([2H])c(N(c2ccc3c(c2)Oc2cc(C)cc4c2c-3cc2c3cc(C)ccc3c(-c3ccc(N(c5ccccc5)c5ccccc5-c5ccccc5)cc3)cc42)c2cccc3c2oc2ccccc23)c([2H])c1[2H]. The fraction of sp³-hybridized carbons (Fsp3) is 0.0294. The molecular weight excluding hydrogens is 877 g/mol. The molecule has 0 amide bonds. The minimum Gasteiger partial charge on any atom is -0.456 e. The van der Waals surface area contributed by atoms with Crippen LogP contribution in [0.3, 0.4) is 0 Å². The second-order valence-corrected chi connectivity index (χ2v) is 18.6. The third kappa shape index (κ3) is 6.75. The van der Waals surface area contributed by atoms with Crippen LogP contribution < -0.4 is 14.5 Å². The van der Waals surface area contributed by atoms with Crippen molar-refractivity contribution >= 4 is 88.4 Å². The molecule has 14 rings (SSSR count). The molecule has 0 spiro atoms. The zero-order chi connectivity index (χ0) is 52.2. The van der Waals surface area contributed by atoms with Crippen LogP contribution in [0.15, 0.2) is 247 Å². The zero-order valence-corrected chi connectivity index (χ0v) is 39.4. The lowest BCUT2D eigenvalue weighted by Crippen LogP contribution is -2.11. The van der Waals surface area contributed by atoms with Crippen molar-refractivity contribution in [3.8, 4) is 44.9 Å². The van der Waals surface area contributed by atoms with Crippen molar-refractivity contribution in [3.05, 3.63) is 254 Å². The molecule has 0 saturated carbocycles. The number of hydrogen-bond acceptors (Lipinski definition) is 4. The van der Waals surface area contributed by atoms with Crippen molar-refractivity contribution in [3.63, 3.8) is 0 Å². The van der Waals surface area contributed by atoms with Gasteiger partial charge in [-0.25, -0.2) is 0 Å². The molecule has 0 radical (unpaired) electrons. The highest BCUT2D eigenvalue weighted by Gasteiger charge is 2.27. The van der Waals surface area contributed by atoms with Gasteiger partial charge in [0.15, 0.2) is 5.58 Å². The quantitative estimate of drug-likeness (QED) is 0.142. The van der Waals surface area contributed by atoms with Crippen LogP contribution in [0.2, 0.25) is 0 Å². The molecule has 72 heavy (non-hydrogen) atoms. The van der Waals surface area contributed by atoms with E-state index in [1.165, 1.54) is 0 Å². The predicted octanol–water partition coefficient (Wildman–Crippen LogP) is 19.7. The number of hydrogen-bond donors (Lipinski definition) is 0. The molecule has 0 N–H and O–H groups in total. The summed E-state index contributed by atoms with van der Waals surface area (Å²) in [7, 11) is 0. The second-order valence-electron chi connectivity index (χ2n) is 18.6. The summed E-state index contributed by atoms with van der Waals surface area (Å²) in [6.45, 7) is 4.24. The zero-order valence-electron chi connectivity index (χ0n) is 44.4. The minimum atomic E-state index is -0.466. The van der Waals surface area contributed by atoms with Crippen molar-refractivity contribution in [2.24, 2.45) is 0 Å². The van der Waals surface area contributed by atoms with E-state index in [-0.39, 0.29) is 17.8 Å². The summed E-state index contributed by atoms with van der Waals surface area (Å²) in [6.07, 6.45) is 0. The average Bonchev–Trinajstić information content (AvgIpc) is 3.97. The molecule has 0 saturated heterocycles. The van der Waals surface area contributed by atoms with Gasteiger partial charge >= 0.3 is 0 Å². The van der Waals surface area contributed by atoms with E-state index < -0.39 is 18.1 Å². The van der Waals surface area contributed by atoms with Crippen molar-refractivity contribution in [1.29, 1.82) is 0 Å². The van der Waals surface area contributed by atoms with E-state index >= 15 is 0 Å². The van der Waals surface area contributed by atoms with Gasteiger partial charge in [0.25, 0.3) is 0 Å². The molecule has 0 fully saturated rings. The maximum absolute atomic E-state index is 9.24. The van der Waals surface area contributed by atoms with Gasteiger partial charge in [0.05, 0.1) is 23.9 Å². The number of anilines is 6. The average molecular weight is 928 g/mol. The van der Waals surface area contributed by atoms with Crippen molar-refractivity contribution < 1.29 is 16.0 Å². The predicted molar refractivity (Wildman–Crippen MR) is 301 cm³/mol. The second kappa shape index (κ2) is 16.6. The molecule has 2 heterocycles. The Morgan fingerprint density at radius 3 is 1.85 bits per heavy atom. The molecule has 0 unspecified atom stereocenters. The van der Waals surface area contributed by atoms with Gasteiger partial charge in [0.1, 0.15) is 17.1 Å². The van der Waals surface area contributed by atoms with Crippen LogP contribution >= 0.6 is 0 Å². The smallest absolute Gasteiger partial charge is 0.159 e.